The molecule has 0 saturated heterocycles. The van der Waals surface area contributed by atoms with E-state index in [0.29, 0.717) is 18.6 Å². The summed E-state index contributed by atoms with van der Waals surface area (Å²) in [7, 11) is 1.72. The summed E-state index contributed by atoms with van der Waals surface area (Å²) < 4.78 is 5.24. The number of hydrogen-bond donors (Lipinski definition) is 1. The molecular formula is C14H18N2O. The van der Waals surface area contributed by atoms with Gasteiger partial charge in [0.1, 0.15) is 6.07 Å². The van der Waals surface area contributed by atoms with Crippen LogP contribution in [0.5, 0.6) is 0 Å². The van der Waals surface area contributed by atoms with Crippen molar-refractivity contribution in [1.29, 1.82) is 5.26 Å². The van der Waals surface area contributed by atoms with Gasteiger partial charge in [-0.1, -0.05) is 12.1 Å². The Hall–Kier alpha value is -1.53. The number of nitrogens with zero attached hydrogens (tertiary/aromatic N) is 1. The average Bonchev–Trinajstić information content (AvgIpc) is 3.12. The maximum atomic E-state index is 9.18. The van der Waals surface area contributed by atoms with Crippen molar-refractivity contribution in [2.24, 2.45) is 5.92 Å². The molecule has 3 nitrogen and oxygen atoms in total. The zero-order valence-electron chi connectivity index (χ0n) is 10.4. The zero-order valence-corrected chi connectivity index (χ0v) is 10.4. The first-order valence-electron chi connectivity index (χ1n) is 6.01. The summed E-state index contributed by atoms with van der Waals surface area (Å²) in [5.41, 5.74) is 2.69. The smallest absolute Gasteiger partial charge is 0.102 e. The molecule has 0 aromatic heterocycles. The summed E-state index contributed by atoms with van der Waals surface area (Å²) >= 11 is 0. The fraction of sp³-hybridized carbons (Fsp3) is 0.500. The maximum absolute atomic E-state index is 9.18. The zero-order chi connectivity index (χ0) is 12.3. The van der Waals surface area contributed by atoms with Gasteiger partial charge in [-0.2, -0.15) is 5.26 Å². The first kappa shape index (κ1) is 11.9. The first-order chi connectivity index (χ1) is 8.26. The van der Waals surface area contributed by atoms with E-state index in [2.05, 4.69) is 11.4 Å². The second-order valence-electron chi connectivity index (χ2n) is 4.65. The molecule has 1 aromatic rings. The Bertz CT molecular complexity index is 432. The number of rotatable bonds is 5. The summed E-state index contributed by atoms with van der Waals surface area (Å²) in [5, 5.41) is 12.6. The minimum atomic E-state index is 0.328. The molecule has 0 aliphatic heterocycles. The molecule has 17 heavy (non-hydrogen) atoms. The molecule has 1 aliphatic rings. The fourth-order valence-electron chi connectivity index (χ4n) is 2.11. The standard InChI is InChI=1S/C14H18N2O/c1-10-4-3-5-13(12(10)8-15)16-14(9-17-2)11-6-7-11/h3-5,11,14,16H,6-7,9H2,1-2H3. The van der Waals surface area contributed by atoms with Gasteiger partial charge in [0.15, 0.2) is 0 Å². The van der Waals surface area contributed by atoms with Gasteiger partial charge in [-0.3, -0.25) is 0 Å². The van der Waals surface area contributed by atoms with E-state index >= 15 is 0 Å². The molecule has 1 aromatic carbocycles. The van der Waals surface area contributed by atoms with Gasteiger partial charge in [0.2, 0.25) is 0 Å². The summed E-state index contributed by atoms with van der Waals surface area (Å²) in [4.78, 5) is 0. The predicted molar refractivity (Wildman–Crippen MR) is 67.9 cm³/mol. The van der Waals surface area contributed by atoms with E-state index < -0.39 is 0 Å². The predicted octanol–water partition coefficient (Wildman–Crippen LogP) is 2.70. The molecule has 0 amide bonds. The van der Waals surface area contributed by atoms with Crippen LogP contribution in [0.15, 0.2) is 18.2 Å². The average molecular weight is 230 g/mol. The summed E-state index contributed by atoms with van der Waals surface area (Å²) in [6, 6.07) is 8.51. The normalized spacial score (nSPS) is 16.3. The molecule has 0 heterocycles. The van der Waals surface area contributed by atoms with E-state index in [1.165, 1.54) is 12.8 Å². The number of benzene rings is 1. The molecule has 1 fully saturated rings. The summed E-state index contributed by atoms with van der Waals surface area (Å²) in [6.07, 6.45) is 2.52. The highest BCUT2D eigenvalue weighted by Crippen LogP contribution is 2.35. The van der Waals surface area contributed by atoms with Gasteiger partial charge in [-0.05, 0) is 37.3 Å². The Morgan fingerprint density at radius 2 is 2.29 bits per heavy atom. The SMILES string of the molecule is COCC(Nc1cccc(C)c1C#N)C1CC1. The van der Waals surface area contributed by atoms with Crippen LogP contribution >= 0.6 is 0 Å². The number of nitrogens with one attached hydrogen (secondary N) is 1. The lowest BCUT2D eigenvalue weighted by molar-refractivity contribution is 0.179. The third-order valence-electron chi connectivity index (χ3n) is 3.26. The minimum absolute atomic E-state index is 0.328. The number of anilines is 1. The molecule has 1 aliphatic carbocycles. The first-order valence-corrected chi connectivity index (χ1v) is 6.01. The van der Waals surface area contributed by atoms with Crippen molar-refractivity contribution in [2.45, 2.75) is 25.8 Å². The molecule has 90 valence electrons. The van der Waals surface area contributed by atoms with Crippen LogP contribution in [0, 0.1) is 24.2 Å². The highest BCUT2D eigenvalue weighted by Gasteiger charge is 2.31. The monoisotopic (exact) mass is 230 g/mol. The van der Waals surface area contributed by atoms with E-state index in [9.17, 15) is 5.26 Å². The van der Waals surface area contributed by atoms with Crippen molar-refractivity contribution in [3.63, 3.8) is 0 Å². The second-order valence-corrected chi connectivity index (χ2v) is 4.65. The second kappa shape index (κ2) is 5.20. The van der Waals surface area contributed by atoms with E-state index in [1.54, 1.807) is 7.11 Å². The van der Waals surface area contributed by atoms with E-state index in [0.717, 1.165) is 16.8 Å². The van der Waals surface area contributed by atoms with E-state index in [-0.39, 0.29) is 0 Å². The molecule has 1 unspecified atom stereocenters. The lowest BCUT2D eigenvalue weighted by Gasteiger charge is -2.20. The third-order valence-corrected chi connectivity index (χ3v) is 3.26. The van der Waals surface area contributed by atoms with Gasteiger partial charge in [0.25, 0.3) is 0 Å². The van der Waals surface area contributed by atoms with Crippen LogP contribution in [0.4, 0.5) is 5.69 Å². The number of methoxy groups -OCH3 is 1. The van der Waals surface area contributed by atoms with Crippen LogP contribution < -0.4 is 5.32 Å². The molecule has 2 rings (SSSR count). The quantitative estimate of drug-likeness (QED) is 0.846. The molecule has 1 N–H and O–H groups in total. The number of aryl methyl sites for hydroxylation is 1. The summed E-state index contributed by atoms with van der Waals surface area (Å²) in [5.74, 6) is 0.696. The molecule has 0 radical (unpaired) electrons. The van der Waals surface area contributed by atoms with Gasteiger partial charge >= 0.3 is 0 Å². The van der Waals surface area contributed by atoms with Crippen LogP contribution in [0.25, 0.3) is 0 Å². The van der Waals surface area contributed by atoms with Gasteiger partial charge in [-0.15, -0.1) is 0 Å². The Balaban J connectivity index is 2.16. The number of hydrogen-bond acceptors (Lipinski definition) is 3. The molecule has 1 atom stereocenters. The van der Waals surface area contributed by atoms with Crippen LogP contribution in [0.2, 0.25) is 0 Å². The van der Waals surface area contributed by atoms with E-state index in [4.69, 9.17) is 4.74 Å². The van der Waals surface area contributed by atoms with Crippen LogP contribution in [-0.4, -0.2) is 19.8 Å². The van der Waals surface area contributed by atoms with Gasteiger partial charge in [0, 0.05) is 7.11 Å². The van der Waals surface area contributed by atoms with Crippen molar-refractivity contribution in [2.75, 3.05) is 19.0 Å². The lowest BCUT2D eigenvalue weighted by Crippen LogP contribution is -2.27. The van der Waals surface area contributed by atoms with Crippen molar-refractivity contribution in [3.05, 3.63) is 29.3 Å². The highest BCUT2D eigenvalue weighted by atomic mass is 16.5. The van der Waals surface area contributed by atoms with Crippen LogP contribution in [0.1, 0.15) is 24.0 Å². The van der Waals surface area contributed by atoms with Crippen LogP contribution in [-0.2, 0) is 4.74 Å². The Morgan fingerprint density at radius 3 is 2.88 bits per heavy atom. The minimum Gasteiger partial charge on any atom is -0.383 e. The van der Waals surface area contributed by atoms with Gasteiger partial charge in [0.05, 0.1) is 23.9 Å². The molecule has 0 spiro atoms. The van der Waals surface area contributed by atoms with Crippen molar-refractivity contribution < 1.29 is 4.74 Å². The van der Waals surface area contributed by atoms with Crippen molar-refractivity contribution in [1.82, 2.24) is 0 Å². The van der Waals surface area contributed by atoms with Crippen molar-refractivity contribution >= 4 is 5.69 Å². The molecule has 0 bridgehead atoms. The molecular weight excluding hydrogens is 212 g/mol. The highest BCUT2D eigenvalue weighted by molar-refractivity contribution is 5.61. The maximum Gasteiger partial charge on any atom is 0.102 e. The van der Waals surface area contributed by atoms with Gasteiger partial charge < -0.3 is 10.1 Å². The largest absolute Gasteiger partial charge is 0.383 e. The topological polar surface area (TPSA) is 45.0 Å². The van der Waals surface area contributed by atoms with Crippen LogP contribution in [0.3, 0.4) is 0 Å². The number of ether oxygens (including phenoxy) is 1. The Morgan fingerprint density at radius 1 is 1.53 bits per heavy atom. The fourth-order valence-corrected chi connectivity index (χ4v) is 2.11. The van der Waals surface area contributed by atoms with Crippen molar-refractivity contribution in [3.8, 4) is 6.07 Å². The summed E-state index contributed by atoms with van der Waals surface area (Å²) in [6.45, 7) is 2.66. The molecule has 3 heteroatoms. The van der Waals surface area contributed by atoms with E-state index in [1.807, 2.05) is 25.1 Å². The third kappa shape index (κ3) is 2.78. The Labute approximate surface area is 102 Å². The lowest BCUT2D eigenvalue weighted by atomic mass is 10.1. The van der Waals surface area contributed by atoms with Gasteiger partial charge in [-0.25, -0.2) is 0 Å². The molecule has 1 saturated carbocycles. The Kier molecular flexibility index (Phi) is 3.65. The number of nitriles is 1.